The summed E-state index contributed by atoms with van der Waals surface area (Å²) in [4.78, 5) is 72.0. The minimum atomic E-state index is -4.06. The fourth-order valence-corrected chi connectivity index (χ4v) is 10.0. The van der Waals surface area contributed by atoms with Crippen molar-refractivity contribution < 1.29 is 37.1 Å². The zero-order valence-corrected chi connectivity index (χ0v) is 21.7. The zero-order chi connectivity index (χ0) is 26.4. The average molecular weight is 579 g/mol. The lowest BCUT2D eigenvalue weighted by Crippen LogP contribution is -2.32. The number of Topliss-reactive ketones (excluding diaryl/α,β-unsaturated/α-hetero) is 5. The lowest BCUT2D eigenvalue weighted by Gasteiger charge is -2.17. The van der Waals surface area contributed by atoms with Gasteiger partial charge in [0.25, 0.3) is 5.78 Å². The number of thioether (sulfide) groups is 1. The first-order chi connectivity index (χ1) is 17.3. The minimum Gasteiger partial charge on any atom is -0.290 e. The minimum absolute atomic E-state index is 0.00259. The number of alkyl halides is 3. The maximum atomic E-state index is 14.4. The van der Waals surface area contributed by atoms with Gasteiger partial charge in [-0.15, -0.1) is 34.0 Å². The smallest absolute Gasteiger partial charge is 0.290 e. The summed E-state index contributed by atoms with van der Waals surface area (Å²) >= 11 is 4.12. The number of hydrogen-bond donors (Lipinski definition) is 0. The highest BCUT2D eigenvalue weighted by Gasteiger charge is 2.59. The highest BCUT2D eigenvalue weighted by molar-refractivity contribution is 8.15. The van der Waals surface area contributed by atoms with Gasteiger partial charge < -0.3 is 0 Å². The van der Waals surface area contributed by atoms with Crippen LogP contribution in [0.5, 0.6) is 0 Å². The molecule has 14 heteroatoms. The van der Waals surface area contributed by atoms with E-state index < -0.39 is 45.5 Å². The van der Waals surface area contributed by atoms with Gasteiger partial charge in [0, 0.05) is 11.1 Å². The third-order valence-electron chi connectivity index (χ3n) is 6.85. The molecule has 0 spiro atoms. The molecular weight excluding hydrogens is 570 g/mol. The van der Waals surface area contributed by atoms with Crippen molar-refractivity contribution >= 4 is 79.7 Å². The van der Waals surface area contributed by atoms with Gasteiger partial charge in [0.2, 0.25) is 28.8 Å². The summed E-state index contributed by atoms with van der Waals surface area (Å²) in [6.07, 6.45) is 0. The molecule has 4 heterocycles. The predicted molar refractivity (Wildman–Crippen MR) is 131 cm³/mol. The number of carbonyl (C=O) groups is 5. The molecule has 0 amide bonds. The molecule has 3 aromatic heterocycles. The molecule has 3 atom stereocenters. The van der Waals surface area contributed by atoms with E-state index in [1.54, 1.807) is 6.92 Å². The van der Waals surface area contributed by atoms with E-state index in [1.165, 1.54) is 35.2 Å². The summed E-state index contributed by atoms with van der Waals surface area (Å²) in [5.41, 5.74) is -3.92. The number of fused-ring (bicyclic) bond motifs is 5. The van der Waals surface area contributed by atoms with E-state index >= 15 is 0 Å². The van der Waals surface area contributed by atoms with Gasteiger partial charge in [-0.3, -0.25) is 29.0 Å². The van der Waals surface area contributed by atoms with Crippen LogP contribution in [0, 0.1) is 0 Å². The highest BCUT2D eigenvalue weighted by atomic mass is 32.2. The molecule has 0 bridgehead atoms. The quantitative estimate of drug-likeness (QED) is 0.382. The van der Waals surface area contributed by atoms with Crippen molar-refractivity contribution in [3.63, 3.8) is 0 Å². The standard InChI is InChI=1S/C23H9F3N2O5S4/c1-21(24)13(29)5-3-7(34-10(5)16(21)32)19-27-9-12(36-19)18-22(2,15(9)31)28-20(37-18)8-4-6-11(35-8)17(33)23(25,26)14(6)30/h3-4,18H,1-2H3. The lowest BCUT2D eigenvalue weighted by molar-refractivity contribution is 0.0190. The SMILES string of the molecule is CC1(F)C(=O)c2cc(-c3nc4c(s3)C3SC(c5cc6c(s5)C(=O)C(F)(F)C6=O)=NC3(C)C4=O)sc2C1=O. The van der Waals surface area contributed by atoms with Gasteiger partial charge in [0.1, 0.15) is 21.3 Å². The number of carbonyl (C=O) groups excluding carboxylic acids is 5. The van der Waals surface area contributed by atoms with E-state index in [-0.39, 0.29) is 32.4 Å². The van der Waals surface area contributed by atoms with Gasteiger partial charge in [-0.1, -0.05) is 11.8 Å². The molecule has 0 aromatic carbocycles. The first kappa shape index (κ1) is 23.3. The molecule has 186 valence electrons. The third kappa shape index (κ3) is 2.66. The van der Waals surface area contributed by atoms with Crippen LogP contribution in [0.3, 0.4) is 0 Å². The molecule has 0 saturated carbocycles. The van der Waals surface area contributed by atoms with E-state index in [4.69, 9.17) is 0 Å². The third-order valence-corrected chi connectivity index (χ3v) is 12.2. The van der Waals surface area contributed by atoms with Crippen molar-refractivity contribution in [2.75, 3.05) is 0 Å². The Kier molecular flexibility index (Phi) is 4.28. The number of ketones is 5. The van der Waals surface area contributed by atoms with Crippen LogP contribution in [0.1, 0.15) is 79.4 Å². The van der Waals surface area contributed by atoms with Crippen molar-refractivity contribution in [3.05, 3.63) is 48.5 Å². The van der Waals surface area contributed by atoms with Crippen LogP contribution in [-0.4, -0.2) is 56.1 Å². The molecule has 4 aliphatic rings. The van der Waals surface area contributed by atoms with Crippen molar-refractivity contribution in [1.29, 1.82) is 0 Å². The van der Waals surface area contributed by atoms with E-state index in [0.29, 0.717) is 24.7 Å². The zero-order valence-electron chi connectivity index (χ0n) is 18.4. The van der Waals surface area contributed by atoms with Crippen LogP contribution in [-0.2, 0) is 0 Å². The topological polar surface area (TPSA) is 111 Å². The fraction of sp³-hybridized carbons (Fsp3) is 0.261. The number of rotatable bonds is 2. The molecule has 3 unspecified atom stereocenters. The normalized spacial score (nSPS) is 29.2. The van der Waals surface area contributed by atoms with Crippen molar-refractivity contribution in [2.24, 2.45) is 4.99 Å². The van der Waals surface area contributed by atoms with Crippen molar-refractivity contribution in [3.8, 4) is 9.88 Å². The molecule has 7 rings (SSSR count). The van der Waals surface area contributed by atoms with Crippen LogP contribution in [0.2, 0.25) is 0 Å². The Labute approximate surface area is 220 Å². The molecule has 3 aliphatic carbocycles. The average Bonchev–Trinajstić information content (AvgIpc) is 3.67. The summed E-state index contributed by atoms with van der Waals surface area (Å²) in [5.74, 6) is -9.27. The summed E-state index contributed by atoms with van der Waals surface area (Å²) in [6.45, 7) is 2.58. The number of halogens is 3. The van der Waals surface area contributed by atoms with Gasteiger partial charge in [-0.2, -0.15) is 8.78 Å². The highest BCUT2D eigenvalue weighted by Crippen LogP contribution is 2.59. The van der Waals surface area contributed by atoms with Crippen LogP contribution in [0.25, 0.3) is 9.88 Å². The molecule has 0 N–H and O–H groups in total. The lowest BCUT2D eigenvalue weighted by atomic mass is 9.99. The number of nitrogens with zero attached hydrogens (tertiary/aromatic N) is 2. The molecule has 37 heavy (non-hydrogen) atoms. The predicted octanol–water partition coefficient (Wildman–Crippen LogP) is 5.24. The van der Waals surface area contributed by atoms with E-state index in [0.717, 1.165) is 29.6 Å². The maximum absolute atomic E-state index is 14.4. The van der Waals surface area contributed by atoms with E-state index in [9.17, 15) is 37.1 Å². The van der Waals surface area contributed by atoms with Crippen molar-refractivity contribution in [2.45, 2.75) is 36.2 Å². The largest absolute Gasteiger partial charge is 0.372 e. The number of thiazole rings is 1. The Morgan fingerprint density at radius 3 is 2.08 bits per heavy atom. The van der Waals surface area contributed by atoms with Crippen LogP contribution in [0.4, 0.5) is 13.2 Å². The van der Waals surface area contributed by atoms with Crippen molar-refractivity contribution in [1.82, 2.24) is 4.98 Å². The molecule has 1 aliphatic heterocycles. The second-order valence-corrected chi connectivity index (χ2v) is 13.5. The molecule has 0 fully saturated rings. The maximum Gasteiger partial charge on any atom is 0.372 e. The summed E-state index contributed by atoms with van der Waals surface area (Å²) in [6, 6.07) is 2.64. The Morgan fingerprint density at radius 2 is 1.41 bits per heavy atom. The van der Waals surface area contributed by atoms with Gasteiger partial charge in [0.15, 0.2) is 0 Å². The number of aromatic nitrogens is 1. The Hall–Kier alpha value is -2.81. The summed E-state index contributed by atoms with van der Waals surface area (Å²) in [5, 5.41) is 0.284. The Bertz CT molecular complexity index is 1670. The van der Waals surface area contributed by atoms with Crippen LogP contribution < -0.4 is 0 Å². The van der Waals surface area contributed by atoms with Crippen LogP contribution >= 0.6 is 45.8 Å². The molecule has 0 radical (unpaired) electrons. The number of aliphatic imine (C=N–C) groups is 1. The fourth-order valence-electron chi connectivity index (χ4n) is 4.78. The second-order valence-electron chi connectivity index (χ2n) is 9.22. The van der Waals surface area contributed by atoms with Gasteiger partial charge in [-0.05, 0) is 26.0 Å². The summed E-state index contributed by atoms with van der Waals surface area (Å²) < 4.78 is 42.0. The molecule has 3 aromatic rings. The second kappa shape index (κ2) is 6.79. The number of hydrogen-bond acceptors (Lipinski definition) is 11. The summed E-state index contributed by atoms with van der Waals surface area (Å²) in [7, 11) is 0. The molecular formula is C23H9F3N2O5S4. The Morgan fingerprint density at radius 1 is 0.784 bits per heavy atom. The first-order valence-corrected chi connectivity index (χ1v) is 14.0. The van der Waals surface area contributed by atoms with Gasteiger partial charge in [0.05, 0.1) is 29.6 Å². The monoisotopic (exact) mass is 578 g/mol. The molecule has 0 saturated heterocycles. The Balaban J connectivity index is 1.23. The van der Waals surface area contributed by atoms with E-state index in [2.05, 4.69) is 9.98 Å². The first-order valence-electron chi connectivity index (χ1n) is 10.6. The van der Waals surface area contributed by atoms with E-state index in [1.807, 2.05) is 0 Å². The van der Waals surface area contributed by atoms with Gasteiger partial charge >= 0.3 is 5.92 Å². The number of thiophene rings is 2. The van der Waals surface area contributed by atoms with Gasteiger partial charge in [-0.25, -0.2) is 9.37 Å². The molecule has 7 nitrogen and oxygen atoms in total. The van der Waals surface area contributed by atoms with Crippen LogP contribution in [0.15, 0.2) is 17.1 Å².